The van der Waals surface area contributed by atoms with E-state index < -0.39 is 0 Å². The molecule has 0 N–H and O–H groups in total. The molecule has 0 radical (unpaired) electrons. The lowest BCUT2D eigenvalue weighted by Gasteiger charge is -2.06. The molecule has 2 rings (SSSR count). The van der Waals surface area contributed by atoms with Crippen LogP contribution in [0.5, 0.6) is 11.6 Å². The molecule has 0 bridgehead atoms. The molecule has 0 saturated carbocycles. The van der Waals surface area contributed by atoms with Gasteiger partial charge in [0, 0.05) is 40.5 Å². The Labute approximate surface area is 152 Å². The van der Waals surface area contributed by atoms with Crippen LogP contribution in [-0.2, 0) is 0 Å². The molecular weight excluding hydrogens is 336 g/mol. The molecule has 0 spiro atoms. The summed E-state index contributed by atoms with van der Waals surface area (Å²) in [4.78, 5) is 25.1. The minimum Gasteiger partial charge on any atom is -0.437 e. The van der Waals surface area contributed by atoms with Crippen LogP contribution in [0.3, 0.4) is 0 Å². The van der Waals surface area contributed by atoms with Crippen LogP contribution < -0.4 is 4.74 Å². The third kappa shape index (κ3) is 5.72. The molecule has 0 atom stereocenters. The van der Waals surface area contributed by atoms with Gasteiger partial charge in [-0.25, -0.2) is 9.98 Å². The highest BCUT2D eigenvalue weighted by atomic mass is 32.1. The maximum atomic E-state index is 12.3. The van der Waals surface area contributed by atoms with Gasteiger partial charge in [0.05, 0.1) is 17.0 Å². The van der Waals surface area contributed by atoms with Gasteiger partial charge in [-0.15, -0.1) is 11.3 Å². The highest BCUT2D eigenvalue weighted by Gasteiger charge is 2.17. The first kappa shape index (κ1) is 18.7. The summed E-state index contributed by atoms with van der Waals surface area (Å²) in [6.45, 7) is 1.85. The fraction of sp³-hybridized carbons (Fsp3) is 0.278. The summed E-state index contributed by atoms with van der Waals surface area (Å²) >= 11 is 1.32. The van der Waals surface area contributed by atoms with E-state index in [1.807, 2.05) is 52.1 Å². The van der Waals surface area contributed by atoms with Gasteiger partial charge in [0.15, 0.2) is 0 Å². The molecule has 6 nitrogen and oxygen atoms in total. The Morgan fingerprint density at radius 1 is 1.16 bits per heavy atom. The van der Waals surface area contributed by atoms with Gasteiger partial charge in [0.25, 0.3) is 0 Å². The van der Waals surface area contributed by atoms with E-state index in [-0.39, 0.29) is 5.78 Å². The van der Waals surface area contributed by atoms with Gasteiger partial charge in [-0.3, -0.25) is 4.79 Å². The topological polar surface area (TPSA) is 58.0 Å². The van der Waals surface area contributed by atoms with Crippen LogP contribution in [0.25, 0.3) is 0 Å². The SMILES string of the molecule is Cc1nc(Oc2ccc(N=CN(C)C)cc2)c(C(=O)/C=C/N(C)C)s1. The van der Waals surface area contributed by atoms with Crippen molar-refractivity contribution in [2.45, 2.75) is 6.92 Å². The molecule has 1 aromatic heterocycles. The zero-order chi connectivity index (χ0) is 18.4. The molecule has 7 heteroatoms. The Bertz CT molecular complexity index is 777. The maximum Gasteiger partial charge on any atom is 0.241 e. The number of nitrogens with zero attached hydrogens (tertiary/aromatic N) is 4. The predicted octanol–water partition coefficient (Wildman–Crippen LogP) is 3.72. The number of benzene rings is 1. The summed E-state index contributed by atoms with van der Waals surface area (Å²) in [6, 6.07) is 7.31. The van der Waals surface area contributed by atoms with E-state index in [0.717, 1.165) is 10.7 Å². The van der Waals surface area contributed by atoms with Crippen LogP contribution in [0.2, 0.25) is 0 Å². The second-order valence-electron chi connectivity index (χ2n) is 5.81. The number of ketones is 1. The number of aliphatic imine (C=N–C) groups is 1. The summed E-state index contributed by atoms with van der Waals surface area (Å²) in [5.41, 5.74) is 0.820. The molecule has 0 aliphatic carbocycles. The largest absolute Gasteiger partial charge is 0.437 e. The lowest BCUT2D eigenvalue weighted by Crippen LogP contribution is -2.06. The Hall–Kier alpha value is -2.67. The van der Waals surface area contributed by atoms with E-state index in [4.69, 9.17) is 4.74 Å². The third-order valence-electron chi connectivity index (χ3n) is 2.94. The van der Waals surface area contributed by atoms with Crippen LogP contribution in [0.1, 0.15) is 14.7 Å². The number of carbonyl (C=O) groups is 1. The number of allylic oxidation sites excluding steroid dienone is 1. The van der Waals surface area contributed by atoms with Crippen molar-refractivity contribution in [3.63, 3.8) is 0 Å². The van der Waals surface area contributed by atoms with Gasteiger partial charge in [-0.1, -0.05) is 0 Å². The summed E-state index contributed by atoms with van der Waals surface area (Å²) < 4.78 is 5.81. The Morgan fingerprint density at radius 2 is 1.84 bits per heavy atom. The molecule has 0 fully saturated rings. The fourth-order valence-electron chi connectivity index (χ4n) is 1.82. The minimum atomic E-state index is -0.124. The van der Waals surface area contributed by atoms with E-state index >= 15 is 0 Å². The van der Waals surface area contributed by atoms with Gasteiger partial charge >= 0.3 is 0 Å². The first-order valence-corrected chi connectivity index (χ1v) is 8.51. The summed E-state index contributed by atoms with van der Waals surface area (Å²) in [7, 11) is 7.54. The third-order valence-corrected chi connectivity index (χ3v) is 3.91. The second kappa shape index (κ2) is 8.43. The van der Waals surface area contributed by atoms with Crippen molar-refractivity contribution < 1.29 is 9.53 Å². The quantitative estimate of drug-likeness (QED) is 0.327. The molecule has 2 aromatic rings. The molecule has 0 saturated heterocycles. The molecule has 0 aliphatic heterocycles. The van der Waals surface area contributed by atoms with Gasteiger partial charge in [-0.2, -0.15) is 0 Å². The Balaban J connectivity index is 2.16. The van der Waals surface area contributed by atoms with E-state index in [0.29, 0.717) is 16.5 Å². The van der Waals surface area contributed by atoms with Crippen molar-refractivity contribution in [1.29, 1.82) is 0 Å². The monoisotopic (exact) mass is 358 g/mol. The van der Waals surface area contributed by atoms with Crippen LogP contribution >= 0.6 is 11.3 Å². The number of ether oxygens (including phenoxy) is 1. The highest BCUT2D eigenvalue weighted by Crippen LogP contribution is 2.30. The zero-order valence-electron chi connectivity index (χ0n) is 15.1. The van der Waals surface area contributed by atoms with Crippen molar-refractivity contribution in [2.75, 3.05) is 28.2 Å². The first-order chi connectivity index (χ1) is 11.8. The summed E-state index contributed by atoms with van der Waals surface area (Å²) in [5, 5.41) is 0.781. The normalized spacial score (nSPS) is 11.2. The molecule has 1 heterocycles. The first-order valence-electron chi connectivity index (χ1n) is 7.70. The van der Waals surface area contributed by atoms with E-state index in [1.54, 1.807) is 29.6 Å². The second-order valence-corrected chi connectivity index (χ2v) is 7.02. The molecule has 132 valence electrons. The molecular formula is C18H22N4O2S. The number of thiazole rings is 1. The van der Waals surface area contributed by atoms with Crippen molar-refractivity contribution in [2.24, 2.45) is 4.99 Å². The van der Waals surface area contributed by atoms with Crippen LogP contribution in [0, 0.1) is 6.92 Å². The van der Waals surface area contributed by atoms with Gasteiger partial charge < -0.3 is 14.5 Å². The highest BCUT2D eigenvalue weighted by molar-refractivity contribution is 7.14. The lowest BCUT2D eigenvalue weighted by molar-refractivity contribution is 0.104. The van der Waals surface area contributed by atoms with Crippen molar-refractivity contribution >= 4 is 29.1 Å². The number of aryl methyl sites for hydroxylation is 1. The van der Waals surface area contributed by atoms with Crippen LogP contribution in [-0.4, -0.2) is 55.1 Å². The van der Waals surface area contributed by atoms with E-state index in [2.05, 4.69) is 9.98 Å². The van der Waals surface area contributed by atoms with E-state index in [1.165, 1.54) is 17.4 Å². The van der Waals surface area contributed by atoms with Crippen molar-refractivity contribution in [3.05, 3.63) is 46.4 Å². The fourth-order valence-corrected chi connectivity index (χ4v) is 2.59. The number of rotatable bonds is 7. The van der Waals surface area contributed by atoms with Crippen molar-refractivity contribution in [3.8, 4) is 11.6 Å². The standard InChI is InChI=1S/C18H22N4O2S/c1-13-20-18(17(25-13)16(23)10-11-21(2)3)24-15-8-6-14(7-9-15)19-12-22(4)5/h6-12H,1-5H3/b11-10+,19-12?. The number of aromatic nitrogens is 1. The lowest BCUT2D eigenvalue weighted by atomic mass is 10.3. The minimum absolute atomic E-state index is 0.124. The molecule has 0 amide bonds. The average Bonchev–Trinajstić information content (AvgIpc) is 2.92. The van der Waals surface area contributed by atoms with Crippen molar-refractivity contribution in [1.82, 2.24) is 14.8 Å². The Morgan fingerprint density at radius 3 is 2.44 bits per heavy atom. The molecule has 1 aromatic carbocycles. The average molecular weight is 358 g/mol. The molecule has 25 heavy (non-hydrogen) atoms. The van der Waals surface area contributed by atoms with Gasteiger partial charge in [0.1, 0.15) is 10.6 Å². The predicted molar refractivity (Wildman–Crippen MR) is 102 cm³/mol. The van der Waals surface area contributed by atoms with Gasteiger partial charge in [-0.05, 0) is 31.2 Å². The zero-order valence-corrected chi connectivity index (χ0v) is 15.9. The summed E-state index contributed by atoms with van der Waals surface area (Å²) in [5.74, 6) is 0.821. The maximum absolute atomic E-state index is 12.3. The molecule has 0 aliphatic rings. The van der Waals surface area contributed by atoms with E-state index in [9.17, 15) is 4.79 Å². The Kier molecular flexibility index (Phi) is 6.30. The van der Waals surface area contributed by atoms with Crippen LogP contribution in [0.15, 0.2) is 41.5 Å². The summed E-state index contributed by atoms with van der Waals surface area (Å²) in [6.07, 6.45) is 4.95. The van der Waals surface area contributed by atoms with Crippen LogP contribution in [0.4, 0.5) is 5.69 Å². The number of hydrogen-bond acceptors (Lipinski definition) is 6. The number of hydrogen-bond donors (Lipinski definition) is 0. The van der Waals surface area contributed by atoms with Gasteiger partial charge in [0.2, 0.25) is 11.7 Å². The number of carbonyl (C=O) groups excluding carboxylic acids is 1. The molecule has 0 unspecified atom stereocenters. The smallest absolute Gasteiger partial charge is 0.241 e.